The smallest absolute Gasteiger partial charge is 0.271 e. The maximum Gasteiger partial charge on any atom is 0.271 e. The van der Waals surface area contributed by atoms with E-state index in [-0.39, 0.29) is 5.91 Å². The quantitative estimate of drug-likeness (QED) is 0.517. The molecule has 1 aromatic carbocycles. The molecule has 27 heavy (non-hydrogen) atoms. The molecule has 0 spiro atoms. The Hall–Kier alpha value is -3.52. The molecule has 0 radical (unpaired) electrons. The number of hydrogen-bond acceptors (Lipinski definition) is 7. The number of thiophene rings is 1. The van der Waals surface area contributed by atoms with Gasteiger partial charge in [0, 0.05) is 18.0 Å². The minimum absolute atomic E-state index is 0.304. The highest BCUT2D eigenvalue weighted by molar-refractivity contribution is 7.17. The normalized spacial score (nSPS) is 10.6. The lowest BCUT2D eigenvalue weighted by Gasteiger charge is -2.09. The molecule has 0 saturated carbocycles. The molecular weight excluding hydrogens is 362 g/mol. The van der Waals surface area contributed by atoms with Crippen LogP contribution in [-0.4, -0.2) is 28.0 Å². The number of anilines is 1. The predicted molar refractivity (Wildman–Crippen MR) is 105 cm³/mol. The van der Waals surface area contributed by atoms with Gasteiger partial charge in [-0.3, -0.25) is 20.6 Å². The van der Waals surface area contributed by atoms with Crippen LogP contribution < -0.4 is 15.6 Å². The Morgan fingerprint density at radius 1 is 1.07 bits per heavy atom. The van der Waals surface area contributed by atoms with Crippen molar-refractivity contribution in [1.29, 1.82) is 0 Å². The number of benzene rings is 1. The first kappa shape index (κ1) is 16.9. The maximum atomic E-state index is 12.5. The molecule has 2 N–H and O–H groups in total. The third-order valence-electron chi connectivity index (χ3n) is 3.96. The van der Waals surface area contributed by atoms with Gasteiger partial charge in [-0.15, -0.1) is 11.3 Å². The molecule has 0 aliphatic heterocycles. The number of ether oxygens (including phenoxy) is 1. The van der Waals surface area contributed by atoms with Gasteiger partial charge >= 0.3 is 0 Å². The first-order valence-electron chi connectivity index (χ1n) is 8.08. The predicted octanol–water partition coefficient (Wildman–Crippen LogP) is 3.52. The fraction of sp³-hybridized carbons (Fsp3) is 0.0526. The Labute approximate surface area is 159 Å². The Balaban J connectivity index is 1.51. The number of nitrogens with zero attached hydrogens (tertiary/aromatic N) is 3. The average Bonchev–Trinajstić information content (AvgIpc) is 3.21. The van der Waals surface area contributed by atoms with Crippen molar-refractivity contribution < 1.29 is 9.53 Å². The van der Waals surface area contributed by atoms with Crippen molar-refractivity contribution in [1.82, 2.24) is 20.4 Å². The van der Waals surface area contributed by atoms with E-state index in [2.05, 4.69) is 25.8 Å². The minimum atomic E-state index is -0.304. The monoisotopic (exact) mass is 377 g/mol. The number of fused-ring (bicyclic) bond motifs is 1. The van der Waals surface area contributed by atoms with Crippen molar-refractivity contribution in [3.63, 3.8) is 0 Å². The highest BCUT2D eigenvalue weighted by Crippen LogP contribution is 2.25. The Kier molecular flexibility index (Phi) is 4.63. The number of nitrogens with one attached hydrogen (secondary N) is 2. The summed E-state index contributed by atoms with van der Waals surface area (Å²) < 4.78 is 6.05. The molecule has 4 rings (SSSR count). The van der Waals surface area contributed by atoms with E-state index in [0.29, 0.717) is 11.4 Å². The molecule has 1 amide bonds. The molecule has 3 aromatic heterocycles. The largest absolute Gasteiger partial charge is 0.497 e. The number of aromatic nitrogens is 3. The summed E-state index contributed by atoms with van der Waals surface area (Å²) in [4.78, 5) is 25.0. The molecule has 0 bridgehead atoms. The fourth-order valence-electron chi connectivity index (χ4n) is 2.57. The van der Waals surface area contributed by atoms with Gasteiger partial charge in [-0.1, -0.05) is 12.1 Å². The molecule has 8 heteroatoms. The Morgan fingerprint density at radius 3 is 2.74 bits per heavy atom. The van der Waals surface area contributed by atoms with Gasteiger partial charge in [-0.2, -0.15) is 0 Å². The second kappa shape index (κ2) is 7.38. The van der Waals surface area contributed by atoms with E-state index in [1.165, 1.54) is 23.9 Å². The van der Waals surface area contributed by atoms with E-state index in [0.717, 1.165) is 27.1 Å². The summed E-state index contributed by atoms with van der Waals surface area (Å²) in [6.45, 7) is 0. The van der Waals surface area contributed by atoms with Crippen LogP contribution in [0.4, 0.5) is 5.82 Å². The van der Waals surface area contributed by atoms with Gasteiger partial charge in [-0.25, -0.2) is 9.97 Å². The highest BCUT2D eigenvalue weighted by Gasteiger charge is 2.10. The summed E-state index contributed by atoms with van der Waals surface area (Å²) in [6.07, 6.45) is 4.69. The molecule has 4 aromatic rings. The number of amides is 1. The van der Waals surface area contributed by atoms with Crippen LogP contribution in [0, 0.1) is 0 Å². The first-order chi connectivity index (χ1) is 13.2. The number of hydrogen-bond donors (Lipinski definition) is 2. The van der Waals surface area contributed by atoms with E-state index < -0.39 is 0 Å². The Bertz CT molecular complexity index is 1090. The van der Waals surface area contributed by atoms with Crippen molar-refractivity contribution in [2.24, 2.45) is 0 Å². The number of methoxy groups -OCH3 is 1. The van der Waals surface area contributed by atoms with E-state index in [4.69, 9.17) is 4.74 Å². The maximum absolute atomic E-state index is 12.5. The van der Waals surface area contributed by atoms with Crippen LogP contribution in [0.15, 0.2) is 60.5 Å². The van der Waals surface area contributed by atoms with Crippen LogP contribution in [0.1, 0.15) is 10.4 Å². The molecule has 0 aliphatic rings. The van der Waals surface area contributed by atoms with E-state index >= 15 is 0 Å². The van der Waals surface area contributed by atoms with Gasteiger partial charge in [0.25, 0.3) is 5.91 Å². The van der Waals surface area contributed by atoms with Gasteiger partial charge in [0.05, 0.1) is 22.9 Å². The van der Waals surface area contributed by atoms with E-state index in [1.54, 1.807) is 19.4 Å². The first-order valence-corrected chi connectivity index (χ1v) is 8.96. The molecule has 0 aliphatic carbocycles. The number of rotatable bonds is 5. The lowest BCUT2D eigenvalue weighted by molar-refractivity contribution is 0.0962. The van der Waals surface area contributed by atoms with Gasteiger partial charge in [0.1, 0.15) is 12.1 Å². The number of carbonyl (C=O) groups is 1. The summed E-state index contributed by atoms with van der Waals surface area (Å²) in [7, 11) is 1.62. The summed E-state index contributed by atoms with van der Waals surface area (Å²) >= 11 is 1.50. The standard InChI is InChI=1S/C19H15N5O2S/c1-26-15-4-2-12(3-5-15)13-8-14(10-20-9-13)19(25)24-23-18-17-16(6-7-27-17)21-11-22-18/h2-11H,1H3,(H,24,25)(H,21,22,23). The zero-order valence-electron chi connectivity index (χ0n) is 14.3. The minimum Gasteiger partial charge on any atom is -0.497 e. The summed E-state index contributed by atoms with van der Waals surface area (Å²) in [5, 5.41) is 1.93. The van der Waals surface area contributed by atoms with Gasteiger partial charge < -0.3 is 4.74 Å². The summed E-state index contributed by atoms with van der Waals surface area (Å²) in [6, 6.07) is 11.3. The molecule has 0 unspecified atom stereocenters. The van der Waals surface area contributed by atoms with Crippen molar-refractivity contribution >= 4 is 33.3 Å². The van der Waals surface area contributed by atoms with Crippen LogP contribution in [-0.2, 0) is 0 Å². The van der Waals surface area contributed by atoms with Crippen LogP contribution in [0.25, 0.3) is 21.3 Å². The SMILES string of the molecule is COc1ccc(-c2cncc(C(=O)NNc3ncnc4ccsc34)c2)cc1. The van der Waals surface area contributed by atoms with Crippen LogP contribution in [0.2, 0.25) is 0 Å². The zero-order chi connectivity index (χ0) is 18.6. The topological polar surface area (TPSA) is 89.0 Å². The fourth-order valence-corrected chi connectivity index (χ4v) is 3.36. The second-order valence-electron chi connectivity index (χ2n) is 5.63. The molecule has 0 fully saturated rings. The summed E-state index contributed by atoms with van der Waals surface area (Å²) in [5.74, 6) is 1.03. The summed E-state index contributed by atoms with van der Waals surface area (Å²) in [5.41, 5.74) is 8.58. The number of pyridine rings is 1. The van der Waals surface area contributed by atoms with Gasteiger partial charge in [0.15, 0.2) is 5.82 Å². The average molecular weight is 377 g/mol. The molecule has 0 saturated heterocycles. The molecule has 3 heterocycles. The third-order valence-corrected chi connectivity index (χ3v) is 4.87. The van der Waals surface area contributed by atoms with Crippen molar-refractivity contribution in [3.8, 4) is 16.9 Å². The van der Waals surface area contributed by atoms with Crippen molar-refractivity contribution in [2.45, 2.75) is 0 Å². The van der Waals surface area contributed by atoms with Crippen LogP contribution in [0.5, 0.6) is 5.75 Å². The van der Waals surface area contributed by atoms with Crippen molar-refractivity contribution in [3.05, 3.63) is 66.1 Å². The molecule has 134 valence electrons. The lowest BCUT2D eigenvalue weighted by atomic mass is 10.1. The van der Waals surface area contributed by atoms with Crippen LogP contribution >= 0.6 is 11.3 Å². The third kappa shape index (κ3) is 3.56. The second-order valence-corrected chi connectivity index (χ2v) is 6.54. The van der Waals surface area contributed by atoms with Gasteiger partial charge in [0.2, 0.25) is 0 Å². The van der Waals surface area contributed by atoms with Crippen LogP contribution in [0.3, 0.4) is 0 Å². The molecular formula is C19H15N5O2S. The molecule has 0 atom stereocenters. The van der Waals surface area contributed by atoms with Crippen molar-refractivity contribution in [2.75, 3.05) is 12.5 Å². The highest BCUT2D eigenvalue weighted by atomic mass is 32.1. The lowest BCUT2D eigenvalue weighted by Crippen LogP contribution is -2.30. The number of carbonyl (C=O) groups excluding carboxylic acids is 1. The molecule has 7 nitrogen and oxygen atoms in total. The number of hydrazine groups is 1. The van der Waals surface area contributed by atoms with E-state index in [1.807, 2.05) is 35.7 Å². The zero-order valence-corrected chi connectivity index (χ0v) is 15.2. The van der Waals surface area contributed by atoms with E-state index in [9.17, 15) is 4.79 Å². The Morgan fingerprint density at radius 2 is 1.93 bits per heavy atom. The van der Waals surface area contributed by atoms with Gasteiger partial charge in [-0.05, 0) is 35.2 Å².